The minimum absolute atomic E-state index is 0.00282. The van der Waals surface area contributed by atoms with Crippen LogP contribution in [0.15, 0.2) is 48.5 Å². The highest BCUT2D eigenvalue weighted by molar-refractivity contribution is 8.00. The van der Waals surface area contributed by atoms with E-state index in [-0.39, 0.29) is 18.9 Å². The predicted octanol–water partition coefficient (Wildman–Crippen LogP) is 4.95. The van der Waals surface area contributed by atoms with E-state index >= 15 is 0 Å². The minimum Gasteiger partial charge on any atom is -0.481 e. The number of thioether (sulfide) groups is 1. The lowest BCUT2D eigenvalue weighted by Gasteiger charge is -2.33. The van der Waals surface area contributed by atoms with Crippen molar-refractivity contribution in [2.75, 3.05) is 13.7 Å². The zero-order valence-corrected chi connectivity index (χ0v) is 17.2. The number of hydrogen-bond acceptors (Lipinski definition) is 4. The maximum Gasteiger partial charge on any atom is 0.410 e. The van der Waals surface area contributed by atoms with Crippen molar-refractivity contribution >= 4 is 23.8 Å². The third-order valence-corrected chi connectivity index (χ3v) is 7.46. The summed E-state index contributed by atoms with van der Waals surface area (Å²) >= 11 is 1.58. The minimum atomic E-state index is -0.903. The monoisotopic (exact) mass is 411 g/mol. The highest BCUT2D eigenvalue weighted by Gasteiger charge is 2.32. The highest BCUT2D eigenvalue weighted by Crippen LogP contribution is 2.44. The van der Waals surface area contributed by atoms with Crippen LogP contribution in [0, 0.1) is 0 Å². The van der Waals surface area contributed by atoms with Gasteiger partial charge in [0.2, 0.25) is 0 Å². The van der Waals surface area contributed by atoms with Crippen LogP contribution >= 0.6 is 11.8 Å². The molecule has 0 radical (unpaired) electrons. The third-order valence-electron chi connectivity index (χ3n) is 5.81. The molecule has 0 aliphatic heterocycles. The van der Waals surface area contributed by atoms with E-state index in [1.807, 2.05) is 24.3 Å². The number of hydrogen-bond donors (Lipinski definition) is 1. The zero-order valence-electron chi connectivity index (χ0n) is 16.4. The van der Waals surface area contributed by atoms with Crippen molar-refractivity contribution < 1.29 is 19.4 Å². The number of fused-ring (bicyclic) bond motifs is 3. The molecule has 6 heteroatoms. The van der Waals surface area contributed by atoms with Crippen molar-refractivity contribution in [2.45, 2.75) is 42.2 Å². The third kappa shape index (κ3) is 4.13. The molecule has 2 aliphatic carbocycles. The lowest BCUT2D eigenvalue weighted by atomic mass is 9.98. The number of rotatable bonds is 7. The van der Waals surface area contributed by atoms with E-state index < -0.39 is 17.4 Å². The van der Waals surface area contributed by atoms with E-state index in [1.54, 1.807) is 18.8 Å². The summed E-state index contributed by atoms with van der Waals surface area (Å²) in [4.78, 5) is 25.5. The van der Waals surface area contributed by atoms with Crippen LogP contribution in [0.5, 0.6) is 0 Å². The number of benzene rings is 2. The first-order valence-corrected chi connectivity index (χ1v) is 10.9. The summed E-state index contributed by atoms with van der Waals surface area (Å²) in [6, 6.07) is 16.4. The number of ether oxygens (including phenoxy) is 1. The summed E-state index contributed by atoms with van der Waals surface area (Å²) in [5.41, 5.74) is 4.69. The van der Waals surface area contributed by atoms with E-state index in [0.717, 1.165) is 24.0 Å². The van der Waals surface area contributed by atoms with E-state index in [9.17, 15) is 14.7 Å². The molecule has 2 aromatic rings. The molecular weight excluding hydrogens is 386 g/mol. The quantitative estimate of drug-likeness (QED) is 0.653. The number of nitrogens with zero attached hydrogens (tertiary/aromatic N) is 1. The molecule has 2 aromatic carbocycles. The maximum absolute atomic E-state index is 12.7. The Balaban J connectivity index is 1.45. The fourth-order valence-corrected chi connectivity index (χ4v) is 5.53. The lowest BCUT2D eigenvalue weighted by Crippen LogP contribution is -2.39. The first kappa shape index (κ1) is 19.8. The number of carboxylic acid groups (broad SMARTS) is 1. The SMILES string of the molecule is CN(C(=O)OCC1c2ccccc2-c2ccccc21)C(CC(=O)O)SC1CCC1. The molecule has 1 atom stereocenters. The molecule has 29 heavy (non-hydrogen) atoms. The van der Waals surface area contributed by atoms with Gasteiger partial charge < -0.3 is 9.84 Å². The van der Waals surface area contributed by atoms with Gasteiger partial charge in [-0.25, -0.2) is 4.79 Å². The van der Waals surface area contributed by atoms with Crippen LogP contribution in [0.4, 0.5) is 4.79 Å². The normalized spacial score (nSPS) is 16.4. The van der Waals surface area contributed by atoms with Gasteiger partial charge in [-0.05, 0) is 35.1 Å². The highest BCUT2D eigenvalue weighted by atomic mass is 32.2. The van der Waals surface area contributed by atoms with Crippen molar-refractivity contribution in [1.82, 2.24) is 4.90 Å². The van der Waals surface area contributed by atoms with Gasteiger partial charge >= 0.3 is 12.1 Å². The van der Waals surface area contributed by atoms with Crippen LogP contribution < -0.4 is 0 Å². The van der Waals surface area contributed by atoms with Gasteiger partial charge in [0.05, 0.1) is 11.8 Å². The second-order valence-electron chi connectivity index (χ2n) is 7.66. The van der Waals surface area contributed by atoms with E-state index in [0.29, 0.717) is 5.25 Å². The van der Waals surface area contributed by atoms with Gasteiger partial charge in [0.15, 0.2) is 0 Å². The van der Waals surface area contributed by atoms with Crippen LogP contribution in [-0.2, 0) is 9.53 Å². The number of carbonyl (C=O) groups is 2. The lowest BCUT2D eigenvalue weighted by molar-refractivity contribution is -0.137. The summed E-state index contributed by atoms with van der Waals surface area (Å²) in [5.74, 6) is -0.905. The smallest absolute Gasteiger partial charge is 0.410 e. The molecule has 1 unspecified atom stereocenters. The predicted molar refractivity (Wildman–Crippen MR) is 114 cm³/mol. The van der Waals surface area contributed by atoms with Gasteiger partial charge in [-0.1, -0.05) is 55.0 Å². The molecule has 1 fully saturated rings. The Morgan fingerprint density at radius 1 is 1.10 bits per heavy atom. The van der Waals surface area contributed by atoms with Gasteiger partial charge in [-0.2, -0.15) is 0 Å². The molecule has 0 saturated heterocycles. The number of carbonyl (C=O) groups excluding carboxylic acids is 1. The Labute approximate surface area is 175 Å². The van der Waals surface area contributed by atoms with E-state index in [1.165, 1.54) is 22.4 Å². The first-order chi connectivity index (χ1) is 14.0. The van der Waals surface area contributed by atoms with Gasteiger partial charge in [0, 0.05) is 18.2 Å². The standard InChI is InChI=1S/C23H25NO4S/c1-24(21(13-22(25)26)29-15-7-6-8-15)23(27)28-14-20-18-11-4-2-9-16(18)17-10-3-5-12-19(17)20/h2-5,9-12,15,20-21H,6-8,13-14H2,1H3,(H,25,26). The van der Waals surface area contributed by atoms with Crippen LogP contribution in [-0.4, -0.2) is 46.3 Å². The molecule has 1 amide bonds. The Morgan fingerprint density at radius 3 is 2.21 bits per heavy atom. The van der Waals surface area contributed by atoms with Crippen molar-refractivity contribution in [3.8, 4) is 11.1 Å². The number of aliphatic carboxylic acids is 1. The van der Waals surface area contributed by atoms with Gasteiger partial charge in [-0.15, -0.1) is 11.8 Å². The average Bonchev–Trinajstić information content (AvgIpc) is 3.01. The zero-order chi connectivity index (χ0) is 20.4. The summed E-state index contributed by atoms with van der Waals surface area (Å²) in [7, 11) is 1.64. The maximum atomic E-state index is 12.7. The molecule has 1 N–H and O–H groups in total. The molecule has 2 aliphatic rings. The van der Waals surface area contributed by atoms with Gasteiger partial charge in [-0.3, -0.25) is 9.69 Å². The summed E-state index contributed by atoms with van der Waals surface area (Å²) < 4.78 is 5.68. The summed E-state index contributed by atoms with van der Waals surface area (Å²) in [6.07, 6.45) is 2.79. The number of amides is 1. The summed E-state index contributed by atoms with van der Waals surface area (Å²) in [6.45, 7) is 0.241. The van der Waals surface area contributed by atoms with E-state index in [4.69, 9.17) is 4.74 Å². The first-order valence-electron chi connectivity index (χ1n) is 9.99. The van der Waals surface area contributed by atoms with Crippen molar-refractivity contribution in [3.63, 3.8) is 0 Å². The van der Waals surface area contributed by atoms with Gasteiger partial charge in [0.1, 0.15) is 6.61 Å². The molecule has 0 spiro atoms. The van der Waals surface area contributed by atoms with Crippen LogP contribution in [0.25, 0.3) is 11.1 Å². The van der Waals surface area contributed by atoms with Crippen LogP contribution in [0.1, 0.15) is 42.7 Å². The molecule has 4 rings (SSSR count). The Bertz CT molecular complexity index is 866. The molecule has 5 nitrogen and oxygen atoms in total. The fourth-order valence-electron chi connectivity index (χ4n) is 3.97. The van der Waals surface area contributed by atoms with Crippen molar-refractivity contribution in [2.24, 2.45) is 0 Å². The van der Waals surface area contributed by atoms with E-state index in [2.05, 4.69) is 24.3 Å². The largest absolute Gasteiger partial charge is 0.481 e. The molecule has 1 saturated carbocycles. The number of carboxylic acids is 1. The topological polar surface area (TPSA) is 66.8 Å². The van der Waals surface area contributed by atoms with Gasteiger partial charge in [0.25, 0.3) is 0 Å². The molecular formula is C23H25NO4S. The summed E-state index contributed by atoms with van der Waals surface area (Å²) in [5, 5.41) is 9.27. The Morgan fingerprint density at radius 2 is 1.69 bits per heavy atom. The average molecular weight is 412 g/mol. The van der Waals surface area contributed by atoms with Crippen LogP contribution in [0.2, 0.25) is 0 Å². The van der Waals surface area contributed by atoms with Crippen LogP contribution in [0.3, 0.4) is 0 Å². The second kappa shape index (κ2) is 8.49. The molecule has 0 aromatic heterocycles. The van der Waals surface area contributed by atoms with Crippen molar-refractivity contribution in [1.29, 1.82) is 0 Å². The Kier molecular flexibility index (Phi) is 5.81. The Hall–Kier alpha value is -2.47. The molecule has 0 bridgehead atoms. The fraction of sp³-hybridized carbons (Fsp3) is 0.391. The van der Waals surface area contributed by atoms with Crippen molar-refractivity contribution in [3.05, 3.63) is 59.7 Å². The molecule has 0 heterocycles. The molecule has 152 valence electrons. The second-order valence-corrected chi connectivity index (χ2v) is 9.14.